The molecule has 0 atom stereocenters. The van der Waals surface area contributed by atoms with E-state index in [9.17, 15) is 0 Å². The van der Waals surface area contributed by atoms with Gasteiger partial charge in [0.05, 0.1) is 5.71 Å². The van der Waals surface area contributed by atoms with E-state index in [4.69, 9.17) is 5.21 Å². The molecule has 3 nitrogen and oxygen atoms in total. The Labute approximate surface area is 89.2 Å². The predicted molar refractivity (Wildman–Crippen MR) is 60.0 cm³/mol. The summed E-state index contributed by atoms with van der Waals surface area (Å²) in [7, 11) is 0. The second kappa shape index (κ2) is 4.26. The molecule has 2 rings (SSSR count). The Bertz CT molecular complexity index is 421. The van der Waals surface area contributed by atoms with Crippen molar-refractivity contribution in [1.29, 1.82) is 0 Å². The van der Waals surface area contributed by atoms with Crippen LogP contribution in [0.2, 0.25) is 0 Å². The predicted octanol–water partition coefficient (Wildman–Crippen LogP) is 2.79. The van der Waals surface area contributed by atoms with Gasteiger partial charge >= 0.3 is 0 Å². The van der Waals surface area contributed by atoms with Gasteiger partial charge in [0.1, 0.15) is 0 Å². The summed E-state index contributed by atoms with van der Waals surface area (Å²) in [4.78, 5) is 4.07. The van der Waals surface area contributed by atoms with E-state index in [2.05, 4.69) is 10.1 Å². The Morgan fingerprint density at radius 3 is 3.00 bits per heavy atom. The fourth-order valence-corrected chi connectivity index (χ4v) is 1.93. The first-order valence-electron chi connectivity index (χ1n) is 5.14. The summed E-state index contributed by atoms with van der Waals surface area (Å²) in [5.74, 6) is 0. The molecule has 78 valence electrons. The smallest absolute Gasteiger partial charge is 0.0798 e. The molecule has 1 aliphatic rings. The summed E-state index contributed by atoms with van der Waals surface area (Å²) in [6.07, 6.45) is 8.60. The number of aromatic nitrogens is 1. The summed E-state index contributed by atoms with van der Waals surface area (Å²) in [5, 5.41) is 12.0. The quantitative estimate of drug-likeness (QED) is 0.562. The van der Waals surface area contributed by atoms with E-state index in [0.29, 0.717) is 0 Å². The number of aryl methyl sites for hydroxylation is 1. The second-order valence-corrected chi connectivity index (χ2v) is 3.81. The fourth-order valence-electron chi connectivity index (χ4n) is 1.93. The topological polar surface area (TPSA) is 45.5 Å². The van der Waals surface area contributed by atoms with Gasteiger partial charge in [-0.05, 0) is 55.0 Å². The molecule has 0 spiro atoms. The molecule has 0 aromatic carbocycles. The fraction of sp³-hybridized carbons (Fsp3) is 0.333. The number of pyridine rings is 1. The molecule has 0 fully saturated rings. The zero-order valence-corrected chi connectivity index (χ0v) is 8.77. The van der Waals surface area contributed by atoms with Gasteiger partial charge in [-0.15, -0.1) is 0 Å². The molecule has 1 aliphatic carbocycles. The summed E-state index contributed by atoms with van der Waals surface area (Å²) in [6, 6.07) is 2.02. The number of allylic oxidation sites excluding steroid dienone is 2. The van der Waals surface area contributed by atoms with Crippen LogP contribution in [0.15, 0.2) is 29.7 Å². The van der Waals surface area contributed by atoms with E-state index in [1.807, 2.05) is 25.3 Å². The third kappa shape index (κ3) is 2.06. The third-order valence-electron chi connectivity index (χ3n) is 2.71. The second-order valence-electron chi connectivity index (χ2n) is 3.81. The van der Waals surface area contributed by atoms with Crippen LogP contribution in [-0.4, -0.2) is 15.9 Å². The average molecular weight is 202 g/mol. The lowest BCUT2D eigenvalue weighted by Gasteiger charge is -2.15. The molecule has 3 heteroatoms. The standard InChI is InChI=1S/C12H14N2O/c1-9-8-13-6-5-12(9)10-3-2-4-11(7-10)14-15/h5-8,15H,2-4H2,1H3/b14-11+. The van der Waals surface area contributed by atoms with Crippen molar-refractivity contribution in [2.24, 2.45) is 5.16 Å². The lowest BCUT2D eigenvalue weighted by molar-refractivity contribution is 0.318. The van der Waals surface area contributed by atoms with Crippen LogP contribution in [0, 0.1) is 6.92 Å². The van der Waals surface area contributed by atoms with Gasteiger partial charge in [0.2, 0.25) is 0 Å². The molecular weight excluding hydrogens is 188 g/mol. The van der Waals surface area contributed by atoms with Crippen LogP contribution in [0.3, 0.4) is 0 Å². The molecule has 0 bridgehead atoms. The summed E-state index contributed by atoms with van der Waals surface area (Å²) in [5.41, 5.74) is 4.40. The van der Waals surface area contributed by atoms with E-state index in [1.165, 1.54) is 16.7 Å². The van der Waals surface area contributed by atoms with E-state index in [-0.39, 0.29) is 0 Å². The molecule has 0 radical (unpaired) electrons. The summed E-state index contributed by atoms with van der Waals surface area (Å²) in [6.45, 7) is 2.05. The van der Waals surface area contributed by atoms with Crippen molar-refractivity contribution in [2.45, 2.75) is 26.2 Å². The molecule has 0 unspecified atom stereocenters. The van der Waals surface area contributed by atoms with E-state index >= 15 is 0 Å². The van der Waals surface area contributed by atoms with Crippen molar-refractivity contribution in [1.82, 2.24) is 4.98 Å². The lowest BCUT2D eigenvalue weighted by atomic mass is 9.91. The highest BCUT2D eigenvalue weighted by molar-refractivity contribution is 6.02. The largest absolute Gasteiger partial charge is 0.411 e. The van der Waals surface area contributed by atoms with Gasteiger partial charge < -0.3 is 5.21 Å². The van der Waals surface area contributed by atoms with Crippen molar-refractivity contribution in [3.05, 3.63) is 35.7 Å². The number of oxime groups is 1. The van der Waals surface area contributed by atoms with Gasteiger partial charge in [-0.1, -0.05) is 5.16 Å². The molecular formula is C12H14N2O. The van der Waals surface area contributed by atoms with Crippen LogP contribution in [-0.2, 0) is 0 Å². The maximum atomic E-state index is 8.76. The normalized spacial score (nSPS) is 19.0. The van der Waals surface area contributed by atoms with Crippen LogP contribution in [0.5, 0.6) is 0 Å². The van der Waals surface area contributed by atoms with Crippen molar-refractivity contribution < 1.29 is 5.21 Å². The maximum Gasteiger partial charge on any atom is 0.0798 e. The van der Waals surface area contributed by atoms with E-state index < -0.39 is 0 Å². The SMILES string of the molecule is Cc1cnccc1C1=C/C(=N/O)CCC1. The van der Waals surface area contributed by atoms with E-state index in [0.717, 1.165) is 25.0 Å². The molecule has 1 N–H and O–H groups in total. The van der Waals surface area contributed by atoms with Gasteiger partial charge in [0.15, 0.2) is 0 Å². The highest BCUT2D eigenvalue weighted by Crippen LogP contribution is 2.27. The van der Waals surface area contributed by atoms with Gasteiger partial charge in [-0.2, -0.15) is 0 Å². The minimum Gasteiger partial charge on any atom is -0.411 e. The van der Waals surface area contributed by atoms with Crippen LogP contribution in [0.4, 0.5) is 0 Å². The Kier molecular flexibility index (Phi) is 2.81. The molecule has 1 heterocycles. The summed E-state index contributed by atoms with van der Waals surface area (Å²) >= 11 is 0. The molecule has 0 saturated heterocycles. The monoisotopic (exact) mass is 202 g/mol. The molecule has 15 heavy (non-hydrogen) atoms. The molecule has 0 saturated carbocycles. The zero-order valence-electron chi connectivity index (χ0n) is 8.77. The van der Waals surface area contributed by atoms with Gasteiger partial charge in [0.25, 0.3) is 0 Å². The van der Waals surface area contributed by atoms with Crippen LogP contribution in [0.25, 0.3) is 5.57 Å². The Morgan fingerprint density at radius 2 is 2.27 bits per heavy atom. The Hall–Kier alpha value is -1.64. The maximum absolute atomic E-state index is 8.76. The molecule has 1 aromatic heterocycles. The Balaban J connectivity index is 2.39. The van der Waals surface area contributed by atoms with Crippen LogP contribution in [0.1, 0.15) is 30.4 Å². The van der Waals surface area contributed by atoms with Gasteiger partial charge in [-0.25, -0.2) is 0 Å². The lowest BCUT2D eigenvalue weighted by Crippen LogP contribution is -2.03. The van der Waals surface area contributed by atoms with E-state index in [1.54, 1.807) is 6.20 Å². The van der Waals surface area contributed by atoms with Crippen molar-refractivity contribution in [2.75, 3.05) is 0 Å². The molecule has 1 aromatic rings. The first-order chi connectivity index (χ1) is 7.31. The third-order valence-corrected chi connectivity index (χ3v) is 2.71. The van der Waals surface area contributed by atoms with Crippen molar-refractivity contribution in [3.63, 3.8) is 0 Å². The van der Waals surface area contributed by atoms with Gasteiger partial charge in [0, 0.05) is 12.4 Å². The Morgan fingerprint density at radius 1 is 1.40 bits per heavy atom. The first-order valence-corrected chi connectivity index (χ1v) is 5.14. The summed E-state index contributed by atoms with van der Waals surface area (Å²) < 4.78 is 0. The van der Waals surface area contributed by atoms with Crippen molar-refractivity contribution in [3.8, 4) is 0 Å². The number of hydrogen-bond donors (Lipinski definition) is 1. The first kappa shape index (κ1) is 9.90. The van der Waals surface area contributed by atoms with Crippen LogP contribution < -0.4 is 0 Å². The highest BCUT2D eigenvalue weighted by Gasteiger charge is 2.12. The molecule has 0 aliphatic heterocycles. The van der Waals surface area contributed by atoms with Crippen LogP contribution >= 0.6 is 0 Å². The molecule has 0 amide bonds. The number of hydrogen-bond acceptors (Lipinski definition) is 3. The number of rotatable bonds is 1. The zero-order chi connectivity index (χ0) is 10.7. The number of nitrogens with zero attached hydrogens (tertiary/aromatic N) is 2. The van der Waals surface area contributed by atoms with Gasteiger partial charge in [-0.3, -0.25) is 4.98 Å². The minimum absolute atomic E-state index is 0.771. The average Bonchev–Trinajstić information content (AvgIpc) is 2.30. The minimum atomic E-state index is 0.771. The highest BCUT2D eigenvalue weighted by atomic mass is 16.4. The van der Waals surface area contributed by atoms with Crippen molar-refractivity contribution >= 4 is 11.3 Å².